The number of nitrogens with zero attached hydrogens (tertiary/aromatic N) is 1. The average molecular weight is 305 g/mol. The summed E-state index contributed by atoms with van der Waals surface area (Å²) in [4.78, 5) is 4.40. The fourth-order valence-electron chi connectivity index (χ4n) is 3.00. The quantitative estimate of drug-likeness (QED) is 0.798. The van der Waals surface area contributed by atoms with Crippen molar-refractivity contribution in [3.8, 4) is 11.5 Å². The van der Waals surface area contributed by atoms with Crippen molar-refractivity contribution in [2.45, 2.75) is 11.8 Å². The van der Waals surface area contributed by atoms with Crippen molar-refractivity contribution in [1.29, 1.82) is 0 Å². The summed E-state index contributed by atoms with van der Waals surface area (Å²) in [6.07, 6.45) is -2.92. The number of rotatable bonds is 1. The summed E-state index contributed by atoms with van der Waals surface area (Å²) >= 11 is 0. The van der Waals surface area contributed by atoms with Crippen molar-refractivity contribution in [1.82, 2.24) is 0 Å². The molecule has 2 aliphatic rings. The van der Waals surface area contributed by atoms with Gasteiger partial charge in [-0.1, -0.05) is 24.3 Å². The molecule has 112 valence electrons. The van der Waals surface area contributed by atoms with E-state index in [-0.39, 0.29) is 5.75 Å². The van der Waals surface area contributed by atoms with Crippen LogP contribution < -0.4 is 9.47 Å². The van der Waals surface area contributed by atoms with Gasteiger partial charge in [-0.2, -0.15) is 0 Å². The number of benzene rings is 2. The first-order valence-electron chi connectivity index (χ1n) is 6.66. The highest BCUT2D eigenvalue weighted by Crippen LogP contribution is 2.49. The van der Waals surface area contributed by atoms with Crippen LogP contribution in [0.15, 0.2) is 47.5 Å². The molecule has 0 aromatic heterocycles. The Morgan fingerprint density at radius 2 is 1.91 bits per heavy atom. The van der Waals surface area contributed by atoms with Crippen LogP contribution in [-0.2, 0) is 5.41 Å². The van der Waals surface area contributed by atoms with Crippen LogP contribution in [0.2, 0.25) is 0 Å². The van der Waals surface area contributed by atoms with Gasteiger partial charge in [-0.25, -0.2) is 0 Å². The molecular weight excluding hydrogens is 295 g/mol. The number of hydrogen-bond acceptors (Lipinski definition) is 3. The lowest BCUT2D eigenvalue weighted by atomic mass is 9.78. The van der Waals surface area contributed by atoms with Crippen molar-refractivity contribution in [3.63, 3.8) is 0 Å². The molecule has 0 radical (unpaired) electrons. The molecule has 22 heavy (non-hydrogen) atoms. The third-order valence-electron chi connectivity index (χ3n) is 3.93. The summed E-state index contributed by atoms with van der Waals surface area (Å²) in [6.45, 7) is 0.318. The Hall–Kier alpha value is -2.50. The molecule has 0 fully saturated rings. The molecule has 4 rings (SSSR count). The van der Waals surface area contributed by atoms with Gasteiger partial charge in [0.05, 0.1) is 11.1 Å². The summed E-state index contributed by atoms with van der Waals surface area (Å²) in [5.74, 6) is 0.108. The van der Waals surface area contributed by atoms with Gasteiger partial charge >= 0.3 is 6.36 Å². The second-order valence-electron chi connectivity index (χ2n) is 5.24. The van der Waals surface area contributed by atoms with E-state index in [0.717, 1.165) is 16.8 Å². The topological polar surface area (TPSA) is 30.8 Å². The number of hydrogen-bond donors (Lipinski definition) is 0. The van der Waals surface area contributed by atoms with Crippen LogP contribution in [0.3, 0.4) is 0 Å². The van der Waals surface area contributed by atoms with Crippen LogP contribution in [0.5, 0.6) is 11.5 Å². The van der Waals surface area contributed by atoms with Gasteiger partial charge in [-0.15, -0.1) is 13.2 Å². The largest absolute Gasteiger partial charge is 0.573 e. The Kier molecular flexibility index (Phi) is 2.55. The summed E-state index contributed by atoms with van der Waals surface area (Å²) in [7, 11) is 0. The van der Waals surface area contributed by atoms with E-state index in [1.165, 1.54) is 12.1 Å². The lowest BCUT2D eigenvalue weighted by Gasteiger charge is -2.20. The van der Waals surface area contributed by atoms with Crippen molar-refractivity contribution in [2.24, 2.45) is 4.99 Å². The van der Waals surface area contributed by atoms with Gasteiger partial charge in [0.1, 0.15) is 18.1 Å². The SMILES string of the molecule is FC(F)(F)Oc1ccc2c(c1)OCC21C=Nc2ccccc21. The van der Waals surface area contributed by atoms with Gasteiger partial charge in [-0.3, -0.25) is 4.99 Å². The molecule has 0 aliphatic carbocycles. The first-order chi connectivity index (χ1) is 10.5. The van der Waals surface area contributed by atoms with E-state index >= 15 is 0 Å². The highest BCUT2D eigenvalue weighted by Gasteiger charge is 2.45. The summed E-state index contributed by atoms with van der Waals surface area (Å²) in [6, 6.07) is 11.8. The molecule has 0 saturated carbocycles. The molecule has 6 heteroatoms. The van der Waals surface area contributed by atoms with E-state index in [0.29, 0.717) is 12.4 Å². The van der Waals surface area contributed by atoms with Gasteiger partial charge in [0, 0.05) is 17.8 Å². The van der Waals surface area contributed by atoms with Crippen LogP contribution >= 0.6 is 0 Å². The van der Waals surface area contributed by atoms with Gasteiger partial charge in [-0.05, 0) is 17.7 Å². The maximum Gasteiger partial charge on any atom is 0.573 e. The predicted octanol–water partition coefficient (Wildman–Crippen LogP) is 3.98. The van der Waals surface area contributed by atoms with Crippen molar-refractivity contribution < 1.29 is 22.6 Å². The second-order valence-corrected chi connectivity index (χ2v) is 5.24. The van der Waals surface area contributed by atoms with Crippen LogP contribution in [0.4, 0.5) is 18.9 Å². The van der Waals surface area contributed by atoms with Crippen LogP contribution in [0.1, 0.15) is 11.1 Å². The van der Waals surface area contributed by atoms with E-state index in [9.17, 15) is 13.2 Å². The van der Waals surface area contributed by atoms with Gasteiger partial charge in [0.15, 0.2) is 0 Å². The van der Waals surface area contributed by atoms with E-state index < -0.39 is 11.8 Å². The summed E-state index contributed by atoms with van der Waals surface area (Å²) in [5, 5.41) is 0. The number of ether oxygens (including phenoxy) is 2. The molecule has 0 amide bonds. The van der Waals surface area contributed by atoms with E-state index in [1.807, 2.05) is 24.3 Å². The number of fused-ring (bicyclic) bond motifs is 4. The fourth-order valence-corrected chi connectivity index (χ4v) is 3.00. The lowest BCUT2D eigenvalue weighted by Crippen LogP contribution is -2.28. The molecule has 1 unspecified atom stereocenters. The molecule has 3 nitrogen and oxygen atoms in total. The monoisotopic (exact) mass is 305 g/mol. The highest BCUT2D eigenvalue weighted by molar-refractivity contribution is 5.91. The van der Waals surface area contributed by atoms with E-state index in [2.05, 4.69) is 9.73 Å². The number of alkyl halides is 3. The maximum absolute atomic E-state index is 12.3. The Labute approximate surface area is 124 Å². The first-order valence-corrected chi connectivity index (χ1v) is 6.66. The minimum atomic E-state index is -4.72. The number of aliphatic imine (C=N–C) groups is 1. The third kappa shape index (κ3) is 1.87. The molecule has 0 saturated heterocycles. The molecule has 2 aliphatic heterocycles. The zero-order chi connectivity index (χ0) is 15.4. The van der Waals surface area contributed by atoms with E-state index in [4.69, 9.17) is 4.74 Å². The first kappa shape index (κ1) is 13.2. The molecule has 0 bridgehead atoms. The number of para-hydroxylation sites is 1. The lowest BCUT2D eigenvalue weighted by molar-refractivity contribution is -0.274. The maximum atomic E-state index is 12.3. The van der Waals surface area contributed by atoms with Crippen LogP contribution in [-0.4, -0.2) is 19.2 Å². The normalized spacial score (nSPS) is 21.6. The number of halogens is 3. The summed E-state index contributed by atoms with van der Waals surface area (Å²) < 4.78 is 46.4. The summed E-state index contributed by atoms with van der Waals surface area (Å²) in [5.41, 5.74) is 2.13. The smallest absolute Gasteiger partial charge is 0.491 e. The van der Waals surface area contributed by atoms with Crippen molar-refractivity contribution in [3.05, 3.63) is 53.6 Å². The molecule has 1 atom stereocenters. The minimum absolute atomic E-state index is 0.286. The minimum Gasteiger partial charge on any atom is -0.491 e. The molecular formula is C16H10F3NO2. The Morgan fingerprint density at radius 3 is 2.73 bits per heavy atom. The predicted molar refractivity (Wildman–Crippen MR) is 74.0 cm³/mol. The van der Waals surface area contributed by atoms with Gasteiger partial charge in [0.2, 0.25) is 0 Å². The molecule has 2 aromatic carbocycles. The zero-order valence-corrected chi connectivity index (χ0v) is 11.2. The van der Waals surface area contributed by atoms with E-state index in [1.54, 1.807) is 12.3 Å². The van der Waals surface area contributed by atoms with Crippen LogP contribution in [0.25, 0.3) is 0 Å². The molecule has 1 spiro atoms. The average Bonchev–Trinajstić information content (AvgIpc) is 3.01. The van der Waals surface area contributed by atoms with Gasteiger partial charge in [0.25, 0.3) is 0 Å². The standard InChI is InChI=1S/C16H10F3NO2/c17-16(18,19)22-10-5-6-12-14(7-10)21-9-15(12)8-20-13-4-2-1-3-11(13)15/h1-8H,9H2. The Balaban J connectivity index is 1.77. The molecule has 0 N–H and O–H groups in total. The second kappa shape index (κ2) is 4.25. The Morgan fingerprint density at radius 1 is 1.09 bits per heavy atom. The van der Waals surface area contributed by atoms with Crippen LogP contribution in [0, 0.1) is 0 Å². The highest BCUT2D eigenvalue weighted by atomic mass is 19.4. The van der Waals surface area contributed by atoms with Gasteiger partial charge < -0.3 is 9.47 Å². The fraction of sp³-hybridized carbons (Fsp3) is 0.188. The third-order valence-corrected chi connectivity index (χ3v) is 3.93. The van der Waals surface area contributed by atoms with Crippen molar-refractivity contribution >= 4 is 11.9 Å². The Bertz CT molecular complexity index is 785. The zero-order valence-electron chi connectivity index (χ0n) is 11.2. The molecule has 2 aromatic rings. The van der Waals surface area contributed by atoms with Crippen molar-refractivity contribution in [2.75, 3.05) is 6.61 Å². The molecule has 2 heterocycles.